The van der Waals surface area contributed by atoms with Gasteiger partial charge in [0.15, 0.2) is 11.5 Å². The Morgan fingerprint density at radius 2 is 2.00 bits per heavy atom. The van der Waals surface area contributed by atoms with Crippen LogP contribution in [0.4, 0.5) is 0 Å². The average Bonchev–Trinajstić information content (AvgIpc) is 3.19. The van der Waals surface area contributed by atoms with Gasteiger partial charge in [-0.05, 0) is 30.3 Å². The molecule has 1 atom stereocenters. The first-order valence-corrected chi connectivity index (χ1v) is 7.63. The molecule has 0 bridgehead atoms. The van der Waals surface area contributed by atoms with Gasteiger partial charge in [-0.2, -0.15) is 0 Å². The van der Waals surface area contributed by atoms with E-state index in [0.717, 1.165) is 0 Å². The number of hydrogen-bond acceptors (Lipinski definition) is 6. The number of ketones is 1. The van der Waals surface area contributed by atoms with Crippen molar-refractivity contribution < 1.29 is 24.2 Å². The van der Waals surface area contributed by atoms with Crippen LogP contribution >= 0.6 is 0 Å². The molecule has 2 aliphatic rings. The standard InChI is InChI=1S/C18H14N2O5/c1-20-15(11-4-2-3-7-19-11)14(17(22)18(20)23)16(21)10-5-6-12-13(8-10)25-9-24-12/h2-8,15,21H,9H2,1H3/b16-14+. The van der Waals surface area contributed by atoms with E-state index in [0.29, 0.717) is 22.8 Å². The lowest BCUT2D eigenvalue weighted by atomic mass is 9.98. The number of likely N-dealkylation sites (N-methyl/N-ethyl adjacent to an activating group) is 1. The molecule has 0 spiro atoms. The van der Waals surface area contributed by atoms with E-state index in [1.807, 2.05) is 0 Å². The van der Waals surface area contributed by atoms with Gasteiger partial charge in [-0.15, -0.1) is 0 Å². The third kappa shape index (κ3) is 2.32. The third-order valence-corrected chi connectivity index (χ3v) is 4.29. The summed E-state index contributed by atoms with van der Waals surface area (Å²) >= 11 is 0. The maximum atomic E-state index is 12.5. The van der Waals surface area contributed by atoms with Crippen LogP contribution in [0.25, 0.3) is 5.76 Å². The van der Waals surface area contributed by atoms with Gasteiger partial charge in [0, 0.05) is 18.8 Å². The molecule has 2 aromatic rings. The summed E-state index contributed by atoms with van der Waals surface area (Å²) in [6, 6.07) is 9.31. The number of nitrogens with zero attached hydrogens (tertiary/aromatic N) is 2. The Kier molecular flexibility index (Phi) is 3.42. The van der Waals surface area contributed by atoms with Crippen LogP contribution < -0.4 is 9.47 Å². The summed E-state index contributed by atoms with van der Waals surface area (Å²) in [4.78, 5) is 30.1. The molecule has 7 heteroatoms. The first-order chi connectivity index (χ1) is 12.1. The number of ether oxygens (including phenoxy) is 2. The van der Waals surface area contributed by atoms with Crippen LogP contribution in [0, 0.1) is 0 Å². The zero-order valence-electron chi connectivity index (χ0n) is 13.3. The van der Waals surface area contributed by atoms with Crippen LogP contribution in [-0.2, 0) is 9.59 Å². The number of fused-ring (bicyclic) bond motifs is 1. The largest absolute Gasteiger partial charge is 0.507 e. The molecule has 4 rings (SSSR count). The number of benzene rings is 1. The molecule has 1 saturated heterocycles. The summed E-state index contributed by atoms with van der Waals surface area (Å²) in [7, 11) is 1.51. The molecule has 2 aliphatic heterocycles. The highest BCUT2D eigenvalue weighted by Crippen LogP contribution is 2.39. The molecule has 0 aliphatic carbocycles. The van der Waals surface area contributed by atoms with Gasteiger partial charge in [0.05, 0.1) is 11.3 Å². The van der Waals surface area contributed by atoms with Crippen molar-refractivity contribution in [3.05, 3.63) is 59.4 Å². The maximum absolute atomic E-state index is 12.5. The number of pyridine rings is 1. The van der Waals surface area contributed by atoms with Gasteiger partial charge in [-0.3, -0.25) is 14.6 Å². The first-order valence-electron chi connectivity index (χ1n) is 7.63. The van der Waals surface area contributed by atoms with Crippen LogP contribution in [0.15, 0.2) is 48.2 Å². The smallest absolute Gasteiger partial charge is 0.295 e. The van der Waals surface area contributed by atoms with Crippen molar-refractivity contribution in [2.75, 3.05) is 13.8 Å². The van der Waals surface area contributed by atoms with E-state index in [1.54, 1.807) is 42.6 Å². The molecule has 25 heavy (non-hydrogen) atoms. The van der Waals surface area contributed by atoms with E-state index in [-0.39, 0.29) is 18.1 Å². The van der Waals surface area contributed by atoms with Gasteiger partial charge in [0.1, 0.15) is 11.8 Å². The Hall–Kier alpha value is -3.35. The Balaban J connectivity index is 1.86. The highest BCUT2D eigenvalue weighted by Gasteiger charge is 2.44. The molecule has 1 aromatic carbocycles. The van der Waals surface area contributed by atoms with Crippen LogP contribution in [0.2, 0.25) is 0 Å². The molecule has 1 amide bonds. The summed E-state index contributed by atoms with van der Waals surface area (Å²) in [6.45, 7) is 0.104. The molecule has 3 heterocycles. The number of likely N-dealkylation sites (tertiary alicyclic amines) is 1. The molecular formula is C18H14N2O5. The number of amides is 1. The Labute approximate surface area is 143 Å². The minimum absolute atomic E-state index is 0.00469. The predicted molar refractivity (Wildman–Crippen MR) is 86.9 cm³/mol. The second-order valence-electron chi connectivity index (χ2n) is 5.73. The molecule has 1 fully saturated rings. The Bertz CT molecular complexity index is 907. The lowest BCUT2D eigenvalue weighted by Gasteiger charge is -2.19. The van der Waals surface area contributed by atoms with Gasteiger partial charge >= 0.3 is 0 Å². The first kappa shape index (κ1) is 15.2. The number of Topliss-reactive ketones (excluding diaryl/α,β-unsaturated/α-hetero) is 1. The highest BCUT2D eigenvalue weighted by atomic mass is 16.7. The summed E-state index contributed by atoms with van der Waals surface area (Å²) in [6.07, 6.45) is 1.58. The lowest BCUT2D eigenvalue weighted by Crippen LogP contribution is -2.25. The Morgan fingerprint density at radius 3 is 2.76 bits per heavy atom. The van der Waals surface area contributed by atoms with Crippen molar-refractivity contribution in [3.8, 4) is 11.5 Å². The normalized spacial score (nSPS) is 21.0. The number of rotatable bonds is 2. The van der Waals surface area contributed by atoms with Crippen LogP contribution in [0.3, 0.4) is 0 Å². The molecule has 1 unspecified atom stereocenters. The number of carbonyl (C=O) groups is 2. The van der Waals surface area contributed by atoms with Crippen LogP contribution in [-0.4, -0.2) is 40.5 Å². The van der Waals surface area contributed by atoms with Crippen LogP contribution in [0.5, 0.6) is 11.5 Å². The van der Waals surface area contributed by atoms with E-state index in [9.17, 15) is 14.7 Å². The molecule has 7 nitrogen and oxygen atoms in total. The molecule has 126 valence electrons. The minimum atomic E-state index is -0.744. The highest BCUT2D eigenvalue weighted by molar-refractivity contribution is 6.46. The second kappa shape index (κ2) is 5.62. The van der Waals surface area contributed by atoms with Crippen LogP contribution in [0.1, 0.15) is 17.3 Å². The van der Waals surface area contributed by atoms with Gasteiger partial charge < -0.3 is 19.5 Å². The average molecular weight is 338 g/mol. The maximum Gasteiger partial charge on any atom is 0.295 e. The molecule has 1 aromatic heterocycles. The quantitative estimate of drug-likeness (QED) is 0.511. The minimum Gasteiger partial charge on any atom is -0.507 e. The second-order valence-corrected chi connectivity index (χ2v) is 5.73. The van der Waals surface area contributed by atoms with Gasteiger partial charge in [0.25, 0.3) is 11.7 Å². The molecule has 0 radical (unpaired) electrons. The topological polar surface area (TPSA) is 89.0 Å². The van der Waals surface area contributed by atoms with Gasteiger partial charge in [-0.25, -0.2) is 0 Å². The van der Waals surface area contributed by atoms with E-state index in [4.69, 9.17) is 9.47 Å². The fraction of sp³-hybridized carbons (Fsp3) is 0.167. The number of aliphatic hydroxyl groups is 1. The van der Waals surface area contributed by atoms with Gasteiger partial charge in [0.2, 0.25) is 6.79 Å². The van der Waals surface area contributed by atoms with E-state index in [2.05, 4.69) is 4.98 Å². The number of aromatic nitrogens is 1. The summed E-state index contributed by atoms with van der Waals surface area (Å²) in [5.74, 6) is -0.652. The predicted octanol–water partition coefficient (Wildman–Crippen LogP) is 1.86. The summed E-state index contributed by atoms with van der Waals surface area (Å²) < 4.78 is 10.5. The van der Waals surface area contributed by atoms with Crippen molar-refractivity contribution in [3.63, 3.8) is 0 Å². The van der Waals surface area contributed by atoms with Crippen molar-refractivity contribution in [2.45, 2.75) is 6.04 Å². The zero-order chi connectivity index (χ0) is 17.6. The van der Waals surface area contributed by atoms with Crippen molar-refractivity contribution in [1.29, 1.82) is 0 Å². The lowest BCUT2D eigenvalue weighted by molar-refractivity contribution is -0.139. The fourth-order valence-electron chi connectivity index (χ4n) is 3.03. The summed E-state index contributed by atoms with van der Waals surface area (Å²) in [5, 5.41) is 10.7. The van der Waals surface area contributed by atoms with Crippen molar-refractivity contribution >= 4 is 17.4 Å². The molecule has 1 N–H and O–H groups in total. The SMILES string of the molecule is CN1C(=O)C(=O)/C(=C(/O)c2ccc3c(c2)OCO3)C1c1ccccn1. The van der Waals surface area contributed by atoms with E-state index < -0.39 is 17.7 Å². The third-order valence-electron chi connectivity index (χ3n) is 4.29. The fourth-order valence-corrected chi connectivity index (χ4v) is 3.03. The van der Waals surface area contributed by atoms with E-state index in [1.165, 1.54) is 11.9 Å². The van der Waals surface area contributed by atoms with Crippen molar-refractivity contribution in [2.24, 2.45) is 0 Å². The monoisotopic (exact) mass is 338 g/mol. The Morgan fingerprint density at radius 1 is 1.20 bits per heavy atom. The zero-order valence-corrected chi connectivity index (χ0v) is 13.3. The number of carbonyl (C=O) groups excluding carboxylic acids is 2. The van der Waals surface area contributed by atoms with Crippen molar-refractivity contribution in [1.82, 2.24) is 9.88 Å². The summed E-state index contributed by atoms with van der Waals surface area (Å²) in [5.41, 5.74) is 0.883. The van der Waals surface area contributed by atoms with Gasteiger partial charge in [-0.1, -0.05) is 6.07 Å². The number of aliphatic hydroxyl groups excluding tert-OH is 1. The molecular weight excluding hydrogens is 324 g/mol. The molecule has 0 saturated carbocycles. The number of hydrogen-bond donors (Lipinski definition) is 1. The van der Waals surface area contributed by atoms with E-state index >= 15 is 0 Å².